The number of amides is 1. The zero-order chi connectivity index (χ0) is 18.5. The average Bonchev–Trinajstić information content (AvgIpc) is 2.60. The summed E-state index contributed by atoms with van der Waals surface area (Å²) in [7, 11) is 0. The van der Waals surface area contributed by atoms with Crippen molar-refractivity contribution in [2.24, 2.45) is 23.5 Å². The lowest BCUT2D eigenvalue weighted by Gasteiger charge is -2.43. The number of anilines is 1. The molecule has 2 saturated carbocycles. The van der Waals surface area contributed by atoms with Gasteiger partial charge in [0.1, 0.15) is 5.75 Å². The van der Waals surface area contributed by atoms with Crippen LogP contribution in [0, 0.1) is 17.8 Å². The maximum Gasteiger partial charge on any atom is 0.344 e. The Morgan fingerprint density at radius 1 is 1.23 bits per heavy atom. The molecule has 2 fully saturated rings. The van der Waals surface area contributed by atoms with Crippen LogP contribution in [0.25, 0.3) is 0 Å². The first kappa shape index (κ1) is 18.7. The first-order valence-corrected chi connectivity index (χ1v) is 9.51. The highest BCUT2D eigenvalue weighted by molar-refractivity contribution is 5.92. The van der Waals surface area contributed by atoms with E-state index in [0.29, 0.717) is 29.9 Å². The molecule has 0 aliphatic heterocycles. The minimum Gasteiger partial charge on any atom is -0.482 e. The number of hydrogen-bond acceptors (Lipinski definition) is 5. The van der Waals surface area contributed by atoms with E-state index in [0.717, 1.165) is 25.7 Å². The molecule has 0 radical (unpaired) electrons. The molecule has 26 heavy (non-hydrogen) atoms. The molecule has 2 unspecified atom stereocenters. The van der Waals surface area contributed by atoms with Crippen molar-refractivity contribution in [2.45, 2.75) is 45.1 Å². The molecule has 2 atom stereocenters. The van der Waals surface area contributed by atoms with Crippen LogP contribution in [0.1, 0.15) is 39.0 Å². The minimum absolute atomic E-state index is 0.0224. The van der Waals surface area contributed by atoms with Gasteiger partial charge in [-0.25, -0.2) is 4.79 Å². The molecule has 3 N–H and O–H groups in total. The molecule has 1 aromatic rings. The van der Waals surface area contributed by atoms with E-state index in [-0.39, 0.29) is 24.5 Å². The fraction of sp³-hybridized carbons (Fsp3) is 0.600. The molecule has 1 aromatic carbocycles. The third kappa shape index (κ3) is 4.55. The SMILES string of the molecule is CCOC(=O)COc1cccc(NC(=O)C2CC3CCCC(C2)C3N)c1. The molecular weight excluding hydrogens is 332 g/mol. The van der Waals surface area contributed by atoms with Gasteiger partial charge in [-0.1, -0.05) is 12.5 Å². The zero-order valence-corrected chi connectivity index (χ0v) is 15.3. The summed E-state index contributed by atoms with van der Waals surface area (Å²) >= 11 is 0. The molecule has 2 bridgehead atoms. The van der Waals surface area contributed by atoms with Crippen molar-refractivity contribution < 1.29 is 19.1 Å². The highest BCUT2D eigenvalue weighted by Crippen LogP contribution is 2.42. The Labute approximate surface area is 154 Å². The maximum absolute atomic E-state index is 12.7. The van der Waals surface area contributed by atoms with Crippen LogP contribution in [0.15, 0.2) is 24.3 Å². The predicted octanol–water partition coefficient (Wildman–Crippen LogP) is 2.72. The molecule has 0 heterocycles. The summed E-state index contributed by atoms with van der Waals surface area (Å²) in [5.74, 6) is 1.13. The molecule has 6 heteroatoms. The Hall–Kier alpha value is -2.08. The van der Waals surface area contributed by atoms with Crippen molar-refractivity contribution in [3.8, 4) is 5.75 Å². The lowest BCUT2D eigenvalue weighted by Crippen LogP contribution is -2.48. The van der Waals surface area contributed by atoms with Gasteiger partial charge in [-0.05, 0) is 56.6 Å². The first-order chi connectivity index (χ1) is 12.6. The summed E-state index contributed by atoms with van der Waals surface area (Å²) in [4.78, 5) is 24.1. The Morgan fingerprint density at radius 3 is 2.65 bits per heavy atom. The number of benzene rings is 1. The van der Waals surface area contributed by atoms with Crippen LogP contribution in [0.3, 0.4) is 0 Å². The van der Waals surface area contributed by atoms with E-state index in [4.69, 9.17) is 15.2 Å². The molecule has 1 amide bonds. The van der Waals surface area contributed by atoms with E-state index >= 15 is 0 Å². The molecule has 2 aliphatic rings. The molecule has 0 saturated heterocycles. The van der Waals surface area contributed by atoms with Crippen molar-refractivity contribution in [1.29, 1.82) is 0 Å². The molecule has 0 spiro atoms. The fourth-order valence-corrected chi connectivity index (χ4v) is 4.26. The second-order valence-corrected chi connectivity index (χ2v) is 7.31. The highest BCUT2D eigenvalue weighted by atomic mass is 16.6. The van der Waals surface area contributed by atoms with Gasteiger partial charge in [0.2, 0.25) is 5.91 Å². The standard InChI is InChI=1S/C20H28N2O4/c1-2-25-18(23)12-26-17-8-4-7-16(11-17)22-20(24)15-9-13-5-3-6-14(10-15)19(13)21/h4,7-8,11,13-15,19H,2-3,5-6,9-10,12,21H2,1H3,(H,22,24). The lowest BCUT2D eigenvalue weighted by atomic mass is 9.65. The highest BCUT2D eigenvalue weighted by Gasteiger charge is 2.40. The number of carbonyl (C=O) groups excluding carboxylic acids is 2. The van der Waals surface area contributed by atoms with Crippen molar-refractivity contribution >= 4 is 17.6 Å². The average molecular weight is 360 g/mol. The van der Waals surface area contributed by atoms with E-state index < -0.39 is 5.97 Å². The summed E-state index contributed by atoms with van der Waals surface area (Å²) in [5.41, 5.74) is 6.99. The zero-order valence-electron chi connectivity index (χ0n) is 15.3. The Kier molecular flexibility index (Phi) is 6.14. The molecule has 0 aromatic heterocycles. The van der Waals surface area contributed by atoms with Crippen molar-refractivity contribution in [1.82, 2.24) is 0 Å². The summed E-state index contributed by atoms with van der Waals surface area (Å²) in [6.45, 7) is 1.93. The van der Waals surface area contributed by atoms with Crippen LogP contribution in [0.4, 0.5) is 5.69 Å². The monoisotopic (exact) mass is 360 g/mol. The molecule has 2 aliphatic carbocycles. The number of hydrogen-bond donors (Lipinski definition) is 2. The second-order valence-electron chi connectivity index (χ2n) is 7.31. The van der Waals surface area contributed by atoms with E-state index in [9.17, 15) is 9.59 Å². The topological polar surface area (TPSA) is 90.6 Å². The van der Waals surface area contributed by atoms with Gasteiger partial charge >= 0.3 is 5.97 Å². The van der Waals surface area contributed by atoms with Gasteiger partial charge in [0, 0.05) is 23.7 Å². The van der Waals surface area contributed by atoms with Crippen LogP contribution < -0.4 is 15.8 Å². The molecule has 142 valence electrons. The molecule has 3 rings (SSSR count). The minimum atomic E-state index is -0.410. The predicted molar refractivity (Wildman–Crippen MR) is 98.7 cm³/mol. The van der Waals surface area contributed by atoms with Crippen LogP contribution >= 0.6 is 0 Å². The summed E-state index contributed by atoms with van der Waals surface area (Å²) in [6, 6.07) is 7.35. The molecular formula is C20H28N2O4. The summed E-state index contributed by atoms with van der Waals surface area (Å²) in [6.07, 6.45) is 5.26. The van der Waals surface area contributed by atoms with Gasteiger partial charge in [-0.3, -0.25) is 4.79 Å². The Bertz CT molecular complexity index is 634. The first-order valence-electron chi connectivity index (χ1n) is 9.51. The van der Waals surface area contributed by atoms with Crippen LogP contribution in [-0.4, -0.2) is 31.1 Å². The van der Waals surface area contributed by atoms with Crippen LogP contribution in [0.5, 0.6) is 5.75 Å². The van der Waals surface area contributed by atoms with E-state index in [1.54, 1.807) is 25.1 Å². The number of esters is 1. The third-order valence-corrected chi connectivity index (χ3v) is 5.55. The summed E-state index contributed by atoms with van der Waals surface area (Å²) in [5, 5.41) is 2.99. The largest absolute Gasteiger partial charge is 0.482 e. The van der Waals surface area contributed by atoms with Gasteiger partial charge in [0.25, 0.3) is 0 Å². The number of nitrogens with one attached hydrogen (secondary N) is 1. The maximum atomic E-state index is 12.7. The third-order valence-electron chi connectivity index (χ3n) is 5.55. The Balaban J connectivity index is 1.56. The number of rotatable bonds is 6. The fourth-order valence-electron chi connectivity index (χ4n) is 4.26. The Morgan fingerprint density at radius 2 is 1.96 bits per heavy atom. The van der Waals surface area contributed by atoms with Gasteiger partial charge < -0.3 is 20.5 Å². The number of ether oxygens (including phenoxy) is 2. The van der Waals surface area contributed by atoms with Crippen LogP contribution in [0.2, 0.25) is 0 Å². The lowest BCUT2D eigenvalue weighted by molar-refractivity contribution is -0.145. The van der Waals surface area contributed by atoms with Gasteiger partial charge in [0.05, 0.1) is 6.61 Å². The molecule has 6 nitrogen and oxygen atoms in total. The van der Waals surface area contributed by atoms with Gasteiger partial charge in [0.15, 0.2) is 6.61 Å². The van der Waals surface area contributed by atoms with E-state index in [1.165, 1.54) is 6.42 Å². The number of carbonyl (C=O) groups is 2. The summed E-state index contributed by atoms with van der Waals surface area (Å²) < 4.78 is 10.3. The number of nitrogens with two attached hydrogens (primary N) is 1. The quantitative estimate of drug-likeness (QED) is 0.761. The van der Waals surface area contributed by atoms with Crippen LogP contribution in [-0.2, 0) is 14.3 Å². The van der Waals surface area contributed by atoms with E-state index in [1.807, 2.05) is 6.07 Å². The van der Waals surface area contributed by atoms with E-state index in [2.05, 4.69) is 5.32 Å². The normalized spacial score (nSPS) is 27.5. The smallest absolute Gasteiger partial charge is 0.344 e. The van der Waals surface area contributed by atoms with Crippen molar-refractivity contribution in [3.05, 3.63) is 24.3 Å². The van der Waals surface area contributed by atoms with Crippen molar-refractivity contribution in [3.63, 3.8) is 0 Å². The van der Waals surface area contributed by atoms with Gasteiger partial charge in [-0.15, -0.1) is 0 Å². The number of fused-ring (bicyclic) bond motifs is 2. The van der Waals surface area contributed by atoms with Gasteiger partial charge in [-0.2, -0.15) is 0 Å². The van der Waals surface area contributed by atoms with Crippen molar-refractivity contribution in [2.75, 3.05) is 18.5 Å². The second kappa shape index (κ2) is 8.54.